The summed E-state index contributed by atoms with van der Waals surface area (Å²) in [5.74, 6) is -1.68. The molecule has 1 aromatic heterocycles. The van der Waals surface area contributed by atoms with Crippen molar-refractivity contribution in [2.24, 2.45) is 0 Å². The monoisotopic (exact) mass is 298 g/mol. The van der Waals surface area contributed by atoms with Crippen LogP contribution in [-0.2, 0) is 11.3 Å². The van der Waals surface area contributed by atoms with Gasteiger partial charge in [0.1, 0.15) is 6.29 Å². The van der Waals surface area contributed by atoms with Gasteiger partial charge >= 0.3 is 5.97 Å². The van der Waals surface area contributed by atoms with Crippen LogP contribution >= 0.6 is 0 Å². The smallest absolute Gasteiger partial charge is 0.336 e. The Hall–Kier alpha value is -3.02. The topological polar surface area (TPSA) is 87.6 Å². The highest BCUT2D eigenvalue weighted by atomic mass is 16.4. The second kappa shape index (κ2) is 7.12. The van der Waals surface area contributed by atoms with Crippen molar-refractivity contribution >= 4 is 18.2 Å². The van der Waals surface area contributed by atoms with E-state index in [9.17, 15) is 14.4 Å². The number of hydrogen-bond acceptors (Lipinski definition) is 4. The van der Waals surface area contributed by atoms with Gasteiger partial charge < -0.3 is 14.8 Å². The molecule has 6 nitrogen and oxygen atoms in total. The minimum Gasteiger partial charge on any atom is -0.478 e. The van der Waals surface area contributed by atoms with E-state index in [4.69, 9.17) is 5.11 Å². The van der Waals surface area contributed by atoms with Crippen LogP contribution in [0, 0.1) is 0 Å². The van der Waals surface area contributed by atoms with Crippen LogP contribution in [0.4, 0.5) is 0 Å². The highest BCUT2D eigenvalue weighted by molar-refractivity contribution is 6.05. The van der Waals surface area contributed by atoms with E-state index in [1.807, 2.05) is 0 Å². The number of rotatable bonds is 6. The van der Waals surface area contributed by atoms with Crippen LogP contribution in [0.15, 0.2) is 48.8 Å². The molecule has 112 valence electrons. The third-order valence-corrected chi connectivity index (χ3v) is 3.09. The van der Waals surface area contributed by atoms with Crippen LogP contribution in [0.25, 0.3) is 0 Å². The summed E-state index contributed by atoms with van der Waals surface area (Å²) in [6.45, 7) is 0.0865. The number of carbonyl (C=O) groups excluding carboxylic acids is 2. The first-order valence-corrected chi connectivity index (χ1v) is 6.57. The second-order valence-electron chi connectivity index (χ2n) is 4.56. The Bertz CT molecular complexity index is 686. The molecule has 0 spiro atoms. The summed E-state index contributed by atoms with van der Waals surface area (Å²) >= 11 is 0. The summed E-state index contributed by atoms with van der Waals surface area (Å²) in [5.41, 5.74) is 0.780. The van der Waals surface area contributed by atoms with Gasteiger partial charge in [-0.1, -0.05) is 12.1 Å². The zero-order chi connectivity index (χ0) is 15.9. The Balaban J connectivity index is 2.31. The maximum Gasteiger partial charge on any atom is 0.336 e. The lowest BCUT2D eigenvalue weighted by atomic mass is 10.1. The maximum absolute atomic E-state index is 12.6. The number of aromatic carboxylic acids is 1. The van der Waals surface area contributed by atoms with Crippen molar-refractivity contribution in [1.29, 1.82) is 0 Å². The normalized spacial score (nSPS) is 10.0. The van der Waals surface area contributed by atoms with Crippen LogP contribution in [0.2, 0.25) is 0 Å². The second-order valence-corrected chi connectivity index (χ2v) is 4.56. The zero-order valence-corrected chi connectivity index (χ0v) is 11.7. The van der Waals surface area contributed by atoms with E-state index in [0.717, 1.165) is 5.56 Å². The fraction of sp³-hybridized carbons (Fsp3) is 0.125. The van der Waals surface area contributed by atoms with Crippen LogP contribution in [0.3, 0.4) is 0 Å². The predicted octanol–water partition coefficient (Wildman–Crippen LogP) is 1.62. The number of pyridine rings is 1. The van der Waals surface area contributed by atoms with E-state index in [0.29, 0.717) is 6.29 Å². The van der Waals surface area contributed by atoms with Crippen molar-refractivity contribution in [2.45, 2.75) is 6.54 Å². The molecule has 2 rings (SSSR count). The van der Waals surface area contributed by atoms with Crippen molar-refractivity contribution in [3.05, 3.63) is 65.5 Å². The third-order valence-electron chi connectivity index (χ3n) is 3.09. The fourth-order valence-electron chi connectivity index (χ4n) is 2.04. The van der Waals surface area contributed by atoms with Crippen LogP contribution < -0.4 is 0 Å². The zero-order valence-electron chi connectivity index (χ0n) is 11.7. The van der Waals surface area contributed by atoms with Crippen molar-refractivity contribution in [3.63, 3.8) is 0 Å². The molecule has 0 radical (unpaired) electrons. The van der Waals surface area contributed by atoms with Gasteiger partial charge in [0.2, 0.25) is 0 Å². The number of carbonyl (C=O) groups is 3. The first-order valence-electron chi connectivity index (χ1n) is 6.57. The number of hydrogen-bond donors (Lipinski definition) is 1. The summed E-state index contributed by atoms with van der Waals surface area (Å²) in [7, 11) is 0. The number of aldehydes is 1. The van der Waals surface area contributed by atoms with Gasteiger partial charge in [-0.05, 0) is 29.8 Å². The molecule has 1 amide bonds. The molecule has 0 aliphatic carbocycles. The molecule has 0 aliphatic heterocycles. The highest BCUT2D eigenvalue weighted by Crippen LogP contribution is 2.14. The van der Waals surface area contributed by atoms with Gasteiger partial charge in [0.15, 0.2) is 0 Å². The molecule has 0 aliphatic rings. The SMILES string of the molecule is O=CCN(Cc1ccncc1)C(=O)c1ccccc1C(=O)O. The van der Waals surface area contributed by atoms with Crippen LogP contribution in [0.5, 0.6) is 0 Å². The molecule has 0 saturated heterocycles. The van der Waals surface area contributed by atoms with E-state index in [-0.39, 0.29) is 24.2 Å². The molecule has 0 fully saturated rings. The molecule has 1 N–H and O–H groups in total. The Morgan fingerprint density at radius 2 is 1.73 bits per heavy atom. The summed E-state index contributed by atoms with van der Waals surface area (Å²) in [5, 5.41) is 9.17. The lowest BCUT2D eigenvalue weighted by Gasteiger charge is -2.21. The quantitative estimate of drug-likeness (QED) is 0.819. The highest BCUT2D eigenvalue weighted by Gasteiger charge is 2.21. The molecule has 22 heavy (non-hydrogen) atoms. The third kappa shape index (κ3) is 3.54. The maximum atomic E-state index is 12.6. The minimum absolute atomic E-state index is 0.0610. The van der Waals surface area contributed by atoms with Gasteiger partial charge in [0.25, 0.3) is 5.91 Å². The molecular formula is C16H14N2O4. The number of aromatic nitrogens is 1. The van der Waals surface area contributed by atoms with Gasteiger partial charge in [-0.3, -0.25) is 9.78 Å². The average Bonchev–Trinajstić information content (AvgIpc) is 2.54. The Labute approximate surface area is 127 Å². The van der Waals surface area contributed by atoms with E-state index in [1.165, 1.54) is 17.0 Å². The molecule has 0 atom stereocenters. The molecule has 2 aromatic rings. The lowest BCUT2D eigenvalue weighted by molar-refractivity contribution is -0.108. The van der Waals surface area contributed by atoms with Gasteiger partial charge in [-0.15, -0.1) is 0 Å². The molecule has 1 aromatic carbocycles. The minimum atomic E-state index is -1.18. The van der Waals surface area contributed by atoms with Gasteiger partial charge in [-0.25, -0.2) is 4.79 Å². The van der Waals surface area contributed by atoms with Crippen LogP contribution in [0.1, 0.15) is 26.3 Å². The Morgan fingerprint density at radius 1 is 1.09 bits per heavy atom. The molecule has 6 heteroatoms. The van der Waals surface area contributed by atoms with Crippen LogP contribution in [-0.4, -0.2) is 39.7 Å². The number of benzene rings is 1. The lowest BCUT2D eigenvalue weighted by Crippen LogP contribution is -2.33. The van der Waals surface area contributed by atoms with E-state index in [2.05, 4.69) is 4.98 Å². The van der Waals surface area contributed by atoms with E-state index < -0.39 is 11.9 Å². The molecule has 1 heterocycles. The van der Waals surface area contributed by atoms with Crippen molar-refractivity contribution in [3.8, 4) is 0 Å². The van der Waals surface area contributed by atoms with Gasteiger partial charge in [0, 0.05) is 18.9 Å². The van der Waals surface area contributed by atoms with E-state index >= 15 is 0 Å². The van der Waals surface area contributed by atoms with Crippen molar-refractivity contribution in [2.75, 3.05) is 6.54 Å². The molecule has 0 bridgehead atoms. The number of carboxylic acids is 1. The molecular weight excluding hydrogens is 284 g/mol. The average molecular weight is 298 g/mol. The van der Waals surface area contributed by atoms with Gasteiger partial charge in [0.05, 0.1) is 17.7 Å². The fourth-order valence-corrected chi connectivity index (χ4v) is 2.04. The Morgan fingerprint density at radius 3 is 2.32 bits per heavy atom. The van der Waals surface area contributed by atoms with Gasteiger partial charge in [-0.2, -0.15) is 0 Å². The van der Waals surface area contributed by atoms with Crippen molar-refractivity contribution in [1.82, 2.24) is 9.88 Å². The summed E-state index contributed by atoms with van der Waals surface area (Å²) in [6, 6.07) is 9.40. The first kappa shape index (κ1) is 15.4. The number of amides is 1. The summed E-state index contributed by atoms with van der Waals surface area (Å²) < 4.78 is 0. The number of carboxylic acid groups (broad SMARTS) is 1. The standard InChI is InChI=1S/C16H14N2O4/c19-10-9-18(11-12-5-7-17-8-6-12)15(20)13-3-1-2-4-14(13)16(21)22/h1-8,10H,9,11H2,(H,21,22). The van der Waals surface area contributed by atoms with E-state index in [1.54, 1.807) is 36.7 Å². The summed E-state index contributed by atoms with van der Waals surface area (Å²) in [4.78, 5) is 39.8. The van der Waals surface area contributed by atoms with Crippen molar-refractivity contribution < 1.29 is 19.5 Å². The first-order chi connectivity index (χ1) is 10.6. The number of nitrogens with zero attached hydrogens (tertiary/aromatic N) is 2. The largest absolute Gasteiger partial charge is 0.478 e. The predicted molar refractivity (Wildman–Crippen MR) is 78.4 cm³/mol. The molecule has 0 unspecified atom stereocenters. The molecule has 0 saturated carbocycles. The summed E-state index contributed by atoms with van der Waals surface area (Å²) in [6.07, 6.45) is 3.79. The Kier molecular flexibility index (Phi) is 4.98.